The summed E-state index contributed by atoms with van der Waals surface area (Å²) in [5.41, 5.74) is -4.53. The first-order valence-corrected chi connectivity index (χ1v) is 19.4. The van der Waals surface area contributed by atoms with Crippen LogP contribution in [0.2, 0.25) is 10.0 Å². The van der Waals surface area contributed by atoms with Crippen LogP contribution < -0.4 is 8.37 Å². The molecule has 3 rings (SSSR count). The fourth-order valence-electron chi connectivity index (χ4n) is 4.86. The first kappa shape index (κ1) is 50.8. The van der Waals surface area contributed by atoms with Gasteiger partial charge in [-0.2, -0.15) is 95.9 Å². The highest BCUT2D eigenvalue weighted by atomic mass is 35.5. The molecular formula is C32H22Cl2F18O6S2. The molecule has 0 radical (unpaired) electrons. The molecule has 0 aliphatic carbocycles. The molecule has 0 heterocycles. The zero-order chi connectivity index (χ0) is 46.5. The molecule has 0 spiro atoms. The molecule has 0 aromatic heterocycles. The molecule has 0 aliphatic rings. The van der Waals surface area contributed by atoms with E-state index in [1.54, 1.807) is 0 Å². The van der Waals surface area contributed by atoms with Gasteiger partial charge in [-0.05, 0) is 42.7 Å². The minimum absolute atomic E-state index is 0.191. The number of aryl methyl sites for hydroxylation is 1. The molecule has 0 saturated carbocycles. The minimum atomic E-state index is -7.92. The number of hydrogen-bond acceptors (Lipinski definition) is 6. The SMILES string of the molecule is CCCCCCc1ccc(-c2cc(OS(=O)(=O)C(F)(F)C(F)(F)C(F)(F)C(F)(F)F)c(-c3ccccc3Cl)cc2OS(=O)(=O)C(F)(F)C(F)(F)C(F)(F)C(F)(F)F)c(Cl)c1. The Bertz CT molecular complexity index is 2280. The van der Waals surface area contributed by atoms with Crippen LogP contribution in [0.25, 0.3) is 22.3 Å². The average Bonchev–Trinajstić information content (AvgIpc) is 3.09. The van der Waals surface area contributed by atoms with Crippen molar-refractivity contribution in [1.29, 1.82) is 0 Å². The van der Waals surface area contributed by atoms with Crippen LogP contribution in [0.3, 0.4) is 0 Å². The Labute approximate surface area is 336 Å². The van der Waals surface area contributed by atoms with Crippen molar-refractivity contribution in [1.82, 2.24) is 0 Å². The molecule has 3 aromatic carbocycles. The van der Waals surface area contributed by atoms with Gasteiger partial charge in [-0.15, -0.1) is 0 Å². The standard InChI is InChI=1S/C32H22Cl2F18O6S2/c1-2-3-4-5-8-16-11-12-18(22(34)13-16)20-15-23(57-59(53,54)31(49,50)27(39,40)25(35,36)29(43,44)45)19(17-9-6-7-10-21(17)33)14-24(20)58-60(55,56)32(51,52)28(41,42)26(37,38)30(46,47)48/h6-7,9-15H,2-5,8H2,1H3. The molecule has 0 atom stereocenters. The Balaban J connectivity index is 2.48. The Hall–Kier alpha value is -3.52. The van der Waals surface area contributed by atoms with Gasteiger partial charge in [-0.25, -0.2) is 0 Å². The van der Waals surface area contributed by atoms with Crippen molar-refractivity contribution in [2.24, 2.45) is 0 Å². The van der Waals surface area contributed by atoms with E-state index in [1.165, 1.54) is 0 Å². The van der Waals surface area contributed by atoms with Crippen LogP contribution >= 0.6 is 23.2 Å². The first-order chi connectivity index (χ1) is 26.9. The summed E-state index contributed by atoms with van der Waals surface area (Å²) in [7, 11) is -15.8. The second kappa shape index (κ2) is 16.6. The lowest BCUT2D eigenvalue weighted by Gasteiger charge is -2.33. The van der Waals surface area contributed by atoms with Gasteiger partial charge in [0.05, 0.1) is 0 Å². The van der Waals surface area contributed by atoms with E-state index in [1.807, 2.05) is 6.92 Å². The van der Waals surface area contributed by atoms with Gasteiger partial charge >= 0.3 is 66.8 Å². The van der Waals surface area contributed by atoms with Crippen molar-refractivity contribution >= 4 is 43.4 Å². The average molecular weight is 980 g/mol. The van der Waals surface area contributed by atoms with E-state index < -0.39 is 111 Å². The molecular weight excluding hydrogens is 957 g/mol. The third kappa shape index (κ3) is 8.88. The molecule has 338 valence electrons. The van der Waals surface area contributed by atoms with Crippen molar-refractivity contribution in [2.45, 2.75) is 85.6 Å². The summed E-state index contributed by atoms with van der Waals surface area (Å²) in [6, 6.07) is 5.71. The van der Waals surface area contributed by atoms with Crippen molar-refractivity contribution in [3.05, 3.63) is 70.2 Å². The lowest BCUT2D eigenvalue weighted by molar-refractivity contribution is -0.382. The van der Waals surface area contributed by atoms with Gasteiger partial charge < -0.3 is 8.37 Å². The van der Waals surface area contributed by atoms with Gasteiger partial charge in [-0.1, -0.05) is 79.7 Å². The van der Waals surface area contributed by atoms with Gasteiger partial charge in [0.1, 0.15) is 0 Å². The van der Waals surface area contributed by atoms with Gasteiger partial charge in [-0.3, -0.25) is 0 Å². The molecule has 0 unspecified atom stereocenters. The number of unbranched alkanes of at least 4 members (excludes halogenated alkanes) is 3. The van der Waals surface area contributed by atoms with Crippen molar-refractivity contribution in [3.8, 4) is 33.8 Å². The van der Waals surface area contributed by atoms with E-state index in [-0.39, 0.29) is 24.1 Å². The summed E-state index contributed by atoms with van der Waals surface area (Å²) in [6.07, 6.45) is -12.4. The molecule has 0 bridgehead atoms. The monoisotopic (exact) mass is 978 g/mol. The molecule has 0 aliphatic heterocycles. The molecule has 0 amide bonds. The fraction of sp³-hybridized carbons (Fsp3) is 0.438. The lowest BCUT2D eigenvalue weighted by Crippen LogP contribution is -2.63. The molecule has 0 saturated heterocycles. The summed E-state index contributed by atoms with van der Waals surface area (Å²) in [6.45, 7) is 1.84. The molecule has 3 aromatic rings. The molecule has 28 heteroatoms. The van der Waals surface area contributed by atoms with Crippen LogP contribution in [0.1, 0.15) is 38.2 Å². The highest BCUT2D eigenvalue weighted by molar-refractivity contribution is 7.88. The predicted octanol–water partition coefficient (Wildman–Crippen LogP) is 12.7. The van der Waals surface area contributed by atoms with Crippen LogP contribution in [-0.4, -0.2) is 63.4 Å². The summed E-state index contributed by atoms with van der Waals surface area (Å²) < 4.78 is 307. The van der Waals surface area contributed by atoms with Gasteiger partial charge in [0.15, 0.2) is 11.5 Å². The van der Waals surface area contributed by atoms with Crippen LogP contribution in [0.5, 0.6) is 11.5 Å². The third-order valence-electron chi connectivity index (χ3n) is 8.15. The summed E-state index contributed by atoms with van der Waals surface area (Å²) in [4.78, 5) is 0. The third-order valence-corrected chi connectivity index (χ3v) is 11.4. The molecule has 0 N–H and O–H groups in total. The zero-order valence-electron chi connectivity index (χ0n) is 29.1. The van der Waals surface area contributed by atoms with Gasteiger partial charge in [0, 0.05) is 32.3 Å². The van der Waals surface area contributed by atoms with Crippen molar-refractivity contribution < 1.29 is 104 Å². The quantitative estimate of drug-likeness (QED) is 0.0761. The maximum Gasteiger partial charge on any atom is 0.460 e. The van der Waals surface area contributed by atoms with Crippen LogP contribution in [0, 0.1) is 0 Å². The molecule has 0 fully saturated rings. The summed E-state index contributed by atoms with van der Waals surface area (Å²) >= 11 is 12.2. The second-order valence-electron chi connectivity index (χ2n) is 12.4. The topological polar surface area (TPSA) is 86.7 Å². The minimum Gasteiger partial charge on any atom is -0.377 e. The lowest BCUT2D eigenvalue weighted by atomic mass is 9.96. The second-order valence-corrected chi connectivity index (χ2v) is 16.3. The number of rotatable bonds is 17. The number of alkyl halides is 18. The van der Waals surface area contributed by atoms with E-state index in [0.29, 0.717) is 18.9 Å². The first-order valence-electron chi connectivity index (χ1n) is 15.9. The fourth-order valence-corrected chi connectivity index (χ4v) is 7.25. The Morgan fingerprint density at radius 2 is 0.883 bits per heavy atom. The predicted molar refractivity (Wildman–Crippen MR) is 176 cm³/mol. The largest absolute Gasteiger partial charge is 0.460 e. The zero-order valence-corrected chi connectivity index (χ0v) is 32.2. The van der Waals surface area contributed by atoms with Crippen molar-refractivity contribution in [3.63, 3.8) is 0 Å². The van der Waals surface area contributed by atoms with E-state index in [4.69, 9.17) is 23.2 Å². The van der Waals surface area contributed by atoms with E-state index >= 15 is 0 Å². The van der Waals surface area contributed by atoms with E-state index in [0.717, 1.165) is 49.2 Å². The maximum absolute atomic E-state index is 14.9. The van der Waals surface area contributed by atoms with Gasteiger partial charge in [0.2, 0.25) is 0 Å². The molecule has 60 heavy (non-hydrogen) atoms. The van der Waals surface area contributed by atoms with Crippen molar-refractivity contribution in [2.75, 3.05) is 0 Å². The summed E-state index contributed by atoms with van der Waals surface area (Å²) in [5.74, 6) is -35.4. The maximum atomic E-state index is 14.9. The highest BCUT2D eigenvalue weighted by Gasteiger charge is 2.87. The van der Waals surface area contributed by atoms with Crippen LogP contribution in [0.15, 0.2) is 54.6 Å². The number of halogens is 20. The van der Waals surface area contributed by atoms with Gasteiger partial charge in [0.25, 0.3) is 0 Å². The Morgan fingerprint density at radius 3 is 1.25 bits per heavy atom. The van der Waals surface area contributed by atoms with E-state index in [2.05, 4.69) is 8.37 Å². The summed E-state index contributed by atoms with van der Waals surface area (Å²) in [5, 5.41) is -16.7. The number of benzene rings is 3. The Kier molecular flexibility index (Phi) is 14.1. The Morgan fingerprint density at radius 1 is 0.483 bits per heavy atom. The number of hydrogen-bond donors (Lipinski definition) is 0. The van der Waals surface area contributed by atoms with E-state index in [9.17, 15) is 95.9 Å². The normalized spacial score (nSPS) is 14.3. The highest BCUT2D eigenvalue weighted by Crippen LogP contribution is 2.57. The smallest absolute Gasteiger partial charge is 0.377 e. The van der Waals surface area contributed by atoms with Crippen LogP contribution in [0.4, 0.5) is 79.0 Å². The molecule has 6 nitrogen and oxygen atoms in total. The van der Waals surface area contributed by atoms with Crippen LogP contribution in [-0.2, 0) is 26.7 Å².